The van der Waals surface area contributed by atoms with E-state index in [4.69, 9.17) is 0 Å². The highest BCUT2D eigenvalue weighted by atomic mass is 32.2. The van der Waals surface area contributed by atoms with E-state index in [2.05, 4.69) is 0 Å². The molecule has 208 valence electrons. The van der Waals surface area contributed by atoms with Crippen molar-refractivity contribution in [2.24, 2.45) is 0 Å². The summed E-state index contributed by atoms with van der Waals surface area (Å²) in [5, 5.41) is 0. The number of carbonyl (C=O) groups is 1. The van der Waals surface area contributed by atoms with Gasteiger partial charge in [-0.3, -0.25) is 4.79 Å². The van der Waals surface area contributed by atoms with Gasteiger partial charge in [-0.1, -0.05) is 30.1 Å². The number of halogens is 7. The van der Waals surface area contributed by atoms with Gasteiger partial charge in [0.2, 0.25) is 15.9 Å². The lowest BCUT2D eigenvalue weighted by Gasteiger charge is -2.36. The number of nitrogens with zero attached hydrogens (tertiary/aromatic N) is 3. The largest absolute Gasteiger partial charge is 0.435 e. The molecule has 6 nitrogen and oxygen atoms in total. The van der Waals surface area contributed by atoms with E-state index < -0.39 is 33.6 Å². The second kappa shape index (κ2) is 9.87. The average Bonchev–Trinajstić information content (AvgIpc) is 3.24. The third kappa shape index (κ3) is 5.33. The van der Waals surface area contributed by atoms with Gasteiger partial charge in [-0.2, -0.15) is 30.6 Å². The quantitative estimate of drug-likeness (QED) is 0.394. The van der Waals surface area contributed by atoms with E-state index in [1.165, 1.54) is 16.3 Å². The van der Waals surface area contributed by atoms with Crippen LogP contribution in [-0.4, -0.2) is 91.0 Å². The minimum Gasteiger partial charge on any atom is -0.338 e. The van der Waals surface area contributed by atoms with Gasteiger partial charge in [0.25, 0.3) is 0 Å². The predicted octanol–water partition coefficient (Wildman–Crippen LogP) is 3.83. The fraction of sp³-hybridized carbons (Fsp3) is 0.682. The topological polar surface area (TPSA) is 60.9 Å². The Bertz CT molecular complexity index is 1120. The summed E-state index contributed by atoms with van der Waals surface area (Å²) in [6.07, 6.45) is -10.2. The Balaban J connectivity index is 1.42. The first-order chi connectivity index (χ1) is 17.0. The predicted molar refractivity (Wildman–Crippen MR) is 123 cm³/mol. The molecular formula is C22H26F7N3O3S2. The number of carbonyl (C=O) groups excluding carboxylic acids is 1. The normalized spacial score (nSPS) is 24.2. The van der Waals surface area contributed by atoms with Crippen LogP contribution in [-0.2, 0) is 26.9 Å². The molecule has 15 heteroatoms. The minimum absolute atomic E-state index is 0.126. The number of likely N-dealkylation sites (tertiary alicyclic amines) is 1. The van der Waals surface area contributed by atoms with Crippen molar-refractivity contribution in [2.75, 3.05) is 44.7 Å². The molecule has 0 bridgehead atoms. The van der Waals surface area contributed by atoms with Crippen LogP contribution < -0.4 is 0 Å². The van der Waals surface area contributed by atoms with E-state index in [-0.39, 0.29) is 35.6 Å². The van der Waals surface area contributed by atoms with E-state index in [9.17, 15) is 43.9 Å². The summed E-state index contributed by atoms with van der Waals surface area (Å²) in [6, 6.07) is 2.12. The number of aryl methyl sites for hydroxylation is 1. The third-order valence-electron chi connectivity index (χ3n) is 7.33. The number of rotatable bonds is 5. The molecular weight excluding hydrogens is 551 g/mol. The number of amides is 1. The number of fused-ring (bicyclic) bond motifs is 3. The molecule has 2 fully saturated rings. The summed E-state index contributed by atoms with van der Waals surface area (Å²) in [7, 11) is -3.27. The molecule has 2 heterocycles. The molecule has 2 saturated heterocycles. The minimum atomic E-state index is -6.16. The van der Waals surface area contributed by atoms with Gasteiger partial charge in [-0.15, -0.1) is 0 Å². The van der Waals surface area contributed by atoms with Crippen LogP contribution >= 0.6 is 11.9 Å². The van der Waals surface area contributed by atoms with Gasteiger partial charge < -0.3 is 4.90 Å². The van der Waals surface area contributed by atoms with E-state index in [0.717, 1.165) is 12.3 Å². The third-order valence-corrected chi connectivity index (χ3v) is 9.74. The Morgan fingerprint density at radius 1 is 0.973 bits per heavy atom. The van der Waals surface area contributed by atoms with Crippen molar-refractivity contribution >= 4 is 27.9 Å². The van der Waals surface area contributed by atoms with Gasteiger partial charge in [0.1, 0.15) is 0 Å². The molecule has 2 atom stereocenters. The van der Waals surface area contributed by atoms with Crippen molar-refractivity contribution in [1.82, 2.24) is 13.5 Å². The highest BCUT2D eigenvalue weighted by Gasteiger charge is 2.73. The fourth-order valence-electron chi connectivity index (χ4n) is 5.43. The van der Waals surface area contributed by atoms with Gasteiger partial charge in [0, 0.05) is 50.2 Å². The standard InChI is InChI=1S/C22H26F7N3O3S2/c1-37(34,35)31-10-8-30(9-11-31)36-13-19(33)32-7-6-17-16-4-3-15(12-14(16)2-5-18(17)32)20(23,21(24,25)26)22(27,28)29/h3-4,12,17-18H,2,5-11,13H2,1H3/t17-,18?/m0/s1. The summed E-state index contributed by atoms with van der Waals surface area (Å²) >= 11 is 1.31. The van der Waals surface area contributed by atoms with Crippen molar-refractivity contribution in [3.05, 3.63) is 34.9 Å². The summed E-state index contributed by atoms with van der Waals surface area (Å²) < 4.78 is 120. The van der Waals surface area contributed by atoms with Gasteiger partial charge >= 0.3 is 18.0 Å². The first-order valence-electron chi connectivity index (χ1n) is 11.6. The number of hydrogen-bond donors (Lipinski definition) is 0. The van der Waals surface area contributed by atoms with Crippen molar-refractivity contribution in [2.45, 2.75) is 49.2 Å². The number of benzene rings is 1. The zero-order valence-electron chi connectivity index (χ0n) is 19.8. The highest BCUT2D eigenvalue weighted by molar-refractivity contribution is 7.97. The van der Waals surface area contributed by atoms with Crippen LogP contribution in [0.4, 0.5) is 30.7 Å². The molecule has 1 aliphatic carbocycles. The van der Waals surface area contributed by atoms with Crippen LogP contribution in [0.5, 0.6) is 0 Å². The van der Waals surface area contributed by atoms with E-state index >= 15 is 0 Å². The molecule has 3 aliphatic rings. The maximum Gasteiger partial charge on any atom is 0.435 e. The van der Waals surface area contributed by atoms with E-state index in [1.54, 1.807) is 4.90 Å². The Labute approximate surface area is 214 Å². The molecule has 1 aromatic carbocycles. The van der Waals surface area contributed by atoms with Crippen molar-refractivity contribution in [1.29, 1.82) is 0 Å². The zero-order valence-corrected chi connectivity index (χ0v) is 21.4. The first-order valence-corrected chi connectivity index (χ1v) is 14.4. The summed E-state index contributed by atoms with van der Waals surface area (Å²) in [5.41, 5.74) is -6.16. The molecule has 1 unspecified atom stereocenters. The SMILES string of the molecule is CS(=O)(=O)N1CCN(SCC(=O)N2CC[C@H]3c4ccc(C(F)(C(F)(F)F)C(F)(F)F)cc4CCC32)CC1. The molecule has 0 aromatic heterocycles. The smallest absolute Gasteiger partial charge is 0.338 e. The molecule has 37 heavy (non-hydrogen) atoms. The maximum absolute atomic E-state index is 14.5. The van der Waals surface area contributed by atoms with Crippen LogP contribution in [0.2, 0.25) is 0 Å². The van der Waals surface area contributed by atoms with Crippen LogP contribution in [0.1, 0.15) is 35.4 Å². The lowest BCUT2D eigenvalue weighted by Crippen LogP contribution is -2.50. The molecule has 1 aromatic rings. The molecule has 0 spiro atoms. The summed E-state index contributed by atoms with van der Waals surface area (Å²) in [5.74, 6) is -0.258. The van der Waals surface area contributed by atoms with Gasteiger partial charge in [0.15, 0.2) is 0 Å². The van der Waals surface area contributed by atoms with Crippen molar-refractivity contribution in [3.63, 3.8) is 0 Å². The highest BCUT2D eigenvalue weighted by Crippen LogP contribution is 2.54. The monoisotopic (exact) mass is 577 g/mol. The first kappa shape index (κ1) is 28.4. The molecule has 4 rings (SSSR count). The number of hydrogen-bond acceptors (Lipinski definition) is 5. The fourth-order valence-corrected chi connectivity index (χ4v) is 7.14. The average molecular weight is 578 g/mol. The summed E-state index contributed by atoms with van der Waals surface area (Å²) in [4.78, 5) is 14.7. The number of piperazine rings is 1. The maximum atomic E-state index is 14.5. The molecule has 0 radical (unpaired) electrons. The summed E-state index contributed by atoms with van der Waals surface area (Å²) in [6.45, 7) is 2.00. The van der Waals surface area contributed by atoms with E-state index in [0.29, 0.717) is 63.3 Å². The van der Waals surface area contributed by atoms with Gasteiger partial charge in [-0.25, -0.2) is 17.1 Å². The molecule has 0 saturated carbocycles. The Hall–Kier alpha value is -1.58. The Morgan fingerprint density at radius 3 is 2.16 bits per heavy atom. The van der Waals surface area contributed by atoms with Crippen LogP contribution in [0, 0.1) is 0 Å². The van der Waals surface area contributed by atoms with Crippen LogP contribution in [0.15, 0.2) is 18.2 Å². The molecule has 1 amide bonds. The Morgan fingerprint density at radius 2 is 1.59 bits per heavy atom. The molecule has 2 aliphatic heterocycles. The van der Waals surface area contributed by atoms with Gasteiger partial charge in [0.05, 0.1) is 12.0 Å². The lowest BCUT2D eigenvalue weighted by atomic mass is 9.77. The number of alkyl halides is 7. The van der Waals surface area contributed by atoms with Crippen molar-refractivity contribution in [3.8, 4) is 0 Å². The molecule has 0 N–H and O–H groups in total. The van der Waals surface area contributed by atoms with Crippen LogP contribution in [0.3, 0.4) is 0 Å². The van der Waals surface area contributed by atoms with Crippen LogP contribution in [0.25, 0.3) is 0 Å². The van der Waals surface area contributed by atoms with E-state index in [1.807, 2.05) is 4.31 Å². The lowest BCUT2D eigenvalue weighted by molar-refractivity contribution is -0.348. The van der Waals surface area contributed by atoms with Gasteiger partial charge in [-0.05, 0) is 30.4 Å². The zero-order chi connectivity index (χ0) is 27.4. The number of sulfonamides is 1. The van der Waals surface area contributed by atoms with Crippen molar-refractivity contribution < 1.29 is 43.9 Å². The second-order valence-electron chi connectivity index (χ2n) is 9.52. The second-order valence-corrected chi connectivity index (χ2v) is 12.6. The Kier molecular flexibility index (Phi) is 7.58.